The van der Waals surface area contributed by atoms with Crippen molar-refractivity contribution in [2.45, 2.75) is 24.2 Å². The molecule has 0 saturated carbocycles. The van der Waals surface area contributed by atoms with Gasteiger partial charge in [0, 0.05) is 18.1 Å². The molecule has 1 aliphatic rings. The summed E-state index contributed by atoms with van der Waals surface area (Å²) in [6.45, 7) is 3.18. The van der Waals surface area contributed by atoms with E-state index in [1.54, 1.807) is 6.07 Å². The zero-order chi connectivity index (χ0) is 14.6. The molecule has 1 heterocycles. The van der Waals surface area contributed by atoms with E-state index in [4.69, 9.17) is 23.2 Å². The molecule has 0 unspecified atom stereocenters. The molecule has 1 N–H and O–H groups in total. The Morgan fingerprint density at radius 3 is 2.55 bits per heavy atom. The first-order valence-electron chi connectivity index (χ1n) is 6.66. The maximum absolute atomic E-state index is 12.2. The lowest BCUT2D eigenvalue weighted by Gasteiger charge is -2.26. The Morgan fingerprint density at radius 1 is 1.15 bits per heavy atom. The molecule has 1 aliphatic heterocycles. The van der Waals surface area contributed by atoms with E-state index < -0.39 is 10.0 Å². The molecular weight excluding hydrogens is 319 g/mol. The number of nitrogens with zero attached hydrogens (tertiary/aromatic N) is 1. The highest BCUT2D eigenvalue weighted by atomic mass is 35.5. The van der Waals surface area contributed by atoms with Gasteiger partial charge in [0.2, 0.25) is 10.0 Å². The normalized spacial score (nSPS) is 17.3. The van der Waals surface area contributed by atoms with Crippen molar-refractivity contribution in [3.05, 3.63) is 28.2 Å². The van der Waals surface area contributed by atoms with Crippen molar-refractivity contribution in [3.63, 3.8) is 0 Å². The van der Waals surface area contributed by atoms with Crippen LogP contribution in [0.4, 0.5) is 0 Å². The summed E-state index contributed by atoms with van der Waals surface area (Å²) in [4.78, 5) is 2.30. The highest BCUT2D eigenvalue weighted by Gasteiger charge is 2.18. The predicted molar refractivity (Wildman–Crippen MR) is 81.9 cm³/mol. The Balaban J connectivity index is 1.95. The van der Waals surface area contributed by atoms with Gasteiger partial charge in [-0.2, -0.15) is 0 Å². The SMILES string of the molecule is O=S(=O)(NCCN1CCCCC1)c1cc(Cl)ccc1Cl. The van der Waals surface area contributed by atoms with Gasteiger partial charge in [-0.3, -0.25) is 0 Å². The van der Waals surface area contributed by atoms with E-state index in [2.05, 4.69) is 9.62 Å². The van der Waals surface area contributed by atoms with Crippen LogP contribution in [0.1, 0.15) is 19.3 Å². The molecule has 0 radical (unpaired) electrons. The average molecular weight is 337 g/mol. The van der Waals surface area contributed by atoms with Crippen LogP contribution in [-0.2, 0) is 10.0 Å². The van der Waals surface area contributed by atoms with Crippen molar-refractivity contribution >= 4 is 33.2 Å². The van der Waals surface area contributed by atoms with Crippen LogP contribution in [-0.4, -0.2) is 39.5 Å². The van der Waals surface area contributed by atoms with Crippen LogP contribution in [0.3, 0.4) is 0 Å². The Morgan fingerprint density at radius 2 is 1.85 bits per heavy atom. The molecule has 0 atom stereocenters. The van der Waals surface area contributed by atoms with Crippen molar-refractivity contribution in [3.8, 4) is 0 Å². The molecule has 4 nitrogen and oxygen atoms in total. The first-order chi connectivity index (χ1) is 9.49. The van der Waals surface area contributed by atoms with Crippen LogP contribution >= 0.6 is 23.2 Å². The Labute approximate surface area is 130 Å². The summed E-state index contributed by atoms with van der Waals surface area (Å²) in [5.41, 5.74) is 0. The van der Waals surface area contributed by atoms with E-state index in [0.29, 0.717) is 11.6 Å². The van der Waals surface area contributed by atoms with Gasteiger partial charge in [0.15, 0.2) is 0 Å². The summed E-state index contributed by atoms with van der Waals surface area (Å²) in [6.07, 6.45) is 3.64. The standard InChI is InChI=1S/C13H18Cl2N2O2S/c14-11-4-5-12(15)13(10-11)20(18,19)16-6-9-17-7-2-1-3-8-17/h4-5,10,16H,1-3,6-9H2. The topological polar surface area (TPSA) is 49.4 Å². The van der Waals surface area contributed by atoms with Crippen LogP contribution < -0.4 is 4.72 Å². The van der Waals surface area contributed by atoms with E-state index >= 15 is 0 Å². The molecule has 1 aromatic carbocycles. The van der Waals surface area contributed by atoms with Crippen LogP contribution in [0.5, 0.6) is 0 Å². The van der Waals surface area contributed by atoms with E-state index in [0.717, 1.165) is 19.6 Å². The third kappa shape index (κ3) is 4.33. The summed E-state index contributed by atoms with van der Waals surface area (Å²) < 4.78 is 26.9. The van der Waals surface area contributed by atoms with Gasteiger partial charge in [-0.05, 0) is 44.1 Å². The third-order valence-corrected chi connectivity index (χ3v) is 5.53. The summed E-state index contributed by atoms with van der Waals surface area (Å²) in [5, 5.41) is 0.533. The molecule has 2 rings (SSSR count). The monoisotopic (exact) mass is 336 g/mol. The zero-order valence-electron chi connectivity index (χ0n) is 11.1. The lowest BCUT2D eigenvalue weighted by atomic mass is 10.1. The summed E-state index contributed by atoms with van der Waals surface area (Å²) in [5.74, 6) is 0. The molecule has 0 amide bonds. The van der Waals surface area contributed by atoms with Crippen molar-refractivity contribution in [2.24, 2.45) is 0 Å². The van der Waals surface area contributed by atoms with Crippen molar-refractivity contribution in [2.75, 3.05) is 26.2 Å². The number of hydrogen-bond donors (Lipinski definition) is 1. The summed E-state index contributed by atoms with van der Waals surface area (Å²) in [7, 11) is -3.61. The Hall–Kier alpha value is -0.330. The van der Waals surface area contributed by atoms with Crippen LogP contribution in [0.2, 0.25) is 10.0 Å². The fraction of sp³-hybridized carbons (Fsp3) is 0.538. The highest BCUT2D eigenvalue weighted by Crippen LogP contribution is 2.24. The quantitative estimate of drug-likeness (QED) is 0.899. The average Bonchev–Trinajstić information content (AvgIpc) is 2.42. The second kappa shape index (κ2) is 7.09. The van der Waals surface area contributed by atoms with Gasteiger partial charge in [-0.25, -0.2) is 13.1 Å². The van der Waals surface area contributed by atoms with Gasteiger partial charge >= 0.3 is 0 Å². The lowest BCUT2D eigenvalue weighted by molar-refractivity contribution is 0.233. The minimum Gasteiger partial charge on any atom is -0.302 e. The number of sulfonamides is 1. The number of benzene rings is 1. The number of likely N-dealkylation sites (tertiary alicyclic amines) is 1. The van der Waals surface area contributed by atoms with Gasteiger partial charge < -0.3 is 4.90 Å². The molecule has 112 valence electrons. The lowest BCUT2D eigenvalue weighted by Crippen LogP contribution is -2.37. The molecule has 1 saturated heterocycles. The molecule has 20 heavy (non-hydrogen) atoms. The molecule has 1 fully saturated rings. The maximum Gasteiger partial charge on any atom is 0.242 e. The minimum absolute atomic E-state index is 0.0327. The van der Waals surface area contributed by atoms with E-state index in [1.807, 2.05) is 0 Å². The Bertz CT molecular complexity index is 557. The number of piperidine rings is 1. The van der Waals surface area contributed by atoms with Crippen molar-refractivity contribution < 1.29 is 8.42 Å². The number of nitrogens with one attached hydrogen (secondary N) is 1. The molecule has 7 heteroatoms. The van der Waals surface area contributed by atoms with Gasteiger partial charge in [0.05, 0.1) is 5.02 Å². The van der Waals surface area contributed by atoms with E-state index in [9.17, 15) is 8.42 Å². The Kier molecular flexibility index (Phi) is 5.69. The van der Waals surface area contributed by atoms with E-state index in [-0.39, 0.29) is 9.92 Å². The van der Waals surface area contributed by atoms with E-state index in [1.165, 1.54) is 31.4 Å². The van der Waals surface area contributed by atoms with Gasteiger partial charge in [0.25, 0.3) is 0 Å². The molecule has 0 spiro atoms. The maximum atomic E-state index is 12.2. The molecule has 0 aromatic heterocycles. The second-order valence-corrected chi connectivity index (χ2v) is 7.45. The second-order valence-electron chi connectivity index (χ2n) is 4.87. The fourth-order valence-electron chi connectivity index (χ4n) is 2.28. The van der Waals surface area contributed by atoms with Crippen LogP contribution in [0.15, 0.2) is 23.1 Å². The molecule has 1 aromatic rings. The van der Waals surface area contributed by atoms with Crippen LogP contribution in [0, 0.1) is 0 Å². The zero-order valence-corrected chi connectivity index (χ0v) is 13.4. The van der Waals surface area contributed by atoms with Gasteiger partial charge in [-0.1, -0.05) is 29.6 Å². The number of rotatable bonds is 5. The first kappa shape index (κ1) is 16.0. The third-order valence-electron chi connectivity index (χ3n) is 3.35. The van der Waals surface area contributed by atoms with Crippen molar-refractivity contribution in [1.29, 1.82) is 0 Å². The van der Waals surface area contributed by atoms with Crippen molar-refractivity contribution in [1.82, 2.24) is 9.62 Å². The largest absolute Gasteiger partial charge is 0.302 e. The highest BCUT2D eigenvalue weighted by molar-refractivity contribution is 7.89. The predicted octanol–water partition coefficient (Wildman–Crippen LogP) is 2.76. The minimum atomic E-state index is -3.61. The number of halogens is 2. The number of hydrogen-bond acceptors (Lipinski definition) is 3. The van der Waals surface area contributed by atoms with Gasteiger partial charge in [0.1, 0.15) is 4.90 Å². The molecule has 0 aliphatic carbocycles. The summed E-state index contributed by atoms with van der Waals surface area (Å²) >= 11 is 11.7. The first-order valence-corrected chi connectivity index (χ1v) is 8.90. The van der Waals surface area contributed by atoms with Gasteiger partial charge in [-0.15, -0.1) is 0 Å². The smallest absolute Gasteiger partial charge is 0.242 e. The van der Waals surface area contributed by atoms with Crippen LogP contribution in [0.25, 0.3) is 0 Å². The molecular formula is C13H18Cl2N2O2S. The summed E-state index contributed by atoms with van der Waals surface area (Å²) in [6, 6.07) is 4.42. The fourth-order valence-corrected chi connectivity index (χ4v) is 4.06. The molecule has 0 bridgehead atoms.